The van der Waals surface area contributed by atoms with Crippen molar-refractivity contribution in [3.8, 4) is 0 Å². The van der Waals surface area contributed by atoms with E-state index >= 15 is 0 Å². The minimum atomic E-state index is -0.902. The summed E-state index contributed by atoms with van der Waals surface area (Å²) in [6, 6.07) is 9.84. The molecular weight excluding hydrogens is 324 g/mol. The van der Waals surface area contributed by atoms with Gasteiger partial charge in [-0.1, -0.05) is 36.8 Å². The largest absolute Gasteiger partial charge is 0.480 e. The van der Waals surface area contributed by atoms with E-state index in [1.165, 1.54) is 12.1 Å². The standard InChI is InChI=1S/C20H21F2NO2/c1-13-6-2-3-7-15(13)19(16-10-9-14(21)12-17(16)22)23-11-5-4-8-18(23)20(24)25/h2-3,6-7,9-10,12,18-19H,4-5,8,11H2,1H3,(H,24,25). The zero-order valence-corrected chi connectivity index (χ0v) is 14.1. The van der Waals surface area contributed by atoms with Gasteiger partial charge in [-0.2, -0.15) is 0 Å². The first-order valence-electron chi connectivity index (χ1n) is 8.48. The molecule has 3 rings (SSSR count). The average molecular weight is 345 g/mol. The van der Waals surface area contributed by atoms with Gasteiger partial charge in [-0.05, 0) is 43.5 Å². The highest BCUT2D eigenvalue weighted by atomic mass is 19.1. The number of aliphatic carboxylic acids is 1. The summed E-state index contributed by atoms with van der Waals surface area (Å²) in [5.74, 6) is -2.19. The molecule has 0 bridgehead atoms. The smallest absolute Gasteiger partial charge is 0.320 e. The molecule has 0 amide bonds. The summed E-state index contributed by atoms with van der Waals surface area (Å²) in [5, 5.41) is 9.64. The Hall–Kier alpha value is -2.27. The van der Waals surface area contributed by atoms with Gasteiger partial charge >= 0.3 is 5.97 Å². The van der Waals surface area contributed by atoms with Crippen LogP contribution in [0.1, 0.15) is 42.0 Å². The van der Waals surface area contributed by atoms with Crippen LogP contribution in [-0.4, -0.2) is 28.6 Å². The molecule has 0 saturated carbocycles. The molecule has 0 aromatic heterocycles. The third kappa shape index (κ3) is 3.56. The Morgan fingerprint density at radius 1 is 1.16 bits per heavy atom. The van der Waals surface area contributed by atoms with Crippen molar-refractivity contribution in [2.24, 2.45) is 0 Å². The van der Waals surface area contributed by atoms with E-state index < -0.39 is 29.7 Å². The molecule has 1 saturated heterocycles. The molecule has 2 unspecified atom stereocenters. The topological polar surface area (TPSA) is 40.5 Å². The monoisotopic (exact) mass is 345 g/mol. The van der Waals surface area contributed by atoms with E-state index in [0.29, 0.717) is 18.5 Å². The van der Waals surface area contributed by atoms with Crippen LogP contribution in [0.5, 0.6) is 0 Å². The van der Waals surface area contributed by atoms with E-state index in [-0.39, 0.29) is 0 Å². The number of nitrogens with zero attached hydrogens (tertiary/aromatic N) is 1. The van der Waals surface area contributed by atoms with Crippen LogP contribution >= 0.6 is 0 Å². The van der Waals surface area contributed by atoms with Gasteiger partial charge in [0.1, 0.15) is 17.7 Å². The Labute approximate surface area is 145 Å². The number of carboxylic acid groups (broad SMARTS) is 1. The van der Waals surface area contributed by atoms with Gasteiger partial charge in [0, 0.05) is 11.6 Å². The number of benzene rings is 2. The molecule has 0 aliphatic carbocycles. The molecule has 5 heteroatoms. The third-order valence-electron chi connectivity index (χ3n) is 4.90. The summed E-state index contributed by atoms with van der Waals surface area (Å²) in [6.07, 6.45) is 2.22. The quantitative estimate of drug-likeness (QED) is 0.898. The molecule has 0 radical (unpaired) electrons. The second-order valence-corrected chi connectivity index (χ2v) is 6.51. The molecule has 0 spiro atoms. The second kappa shape index (κ2) is 7.31. The number of aryl methyl sites for hydroxylation is 1. The molecule has 1 aliphatic heterocycles. The first-order chi connectivity index (χ1) is 12.0. The predicted molar refractivity (Wildman–Crippen MR) is 91.4 cm³/mol. The van der Waals surface area contributed by atoms with E-state index in [1.807, 2.05) is 36.1 Å². The van der Waals surface area contributed by atoms with Gasteiger partial charge in [-0.15, -0.1) is 0 Å². The molecule has 2 aromatic rings. The van der Waals surface area contributed by atoms with Gasteiger partial charge in [0.15, 0.2) is 0 Å². The number of piperidine rings is 1. The number of halogens is 2. The summed E-state index contributed by atoms with van der Waals surface area (Å²) in [7, 11) is 0. The Balaban J connectivity index is 2.15. The predicted octanol–water partition coefficient (Wildman–Crippen LogP) is 4.30. The highest BCUT2D eigenvalue weighted by Crippen LogP contribution is 2.36. The van der Waals surface area contributed by atoms with Gasteiger partial charge in [0.25, 0.3) is 0 Å². The molecular formula is C20H21F2NO2. The van der Waals surface area contributed by atoms with Crippen LogP contribution in [0, 0.1) is 18.6 Å². The van der Waals surface area contributed by atoms with Crippen LogP contribution in [0.3, 0.4) is 0 Å². The lowest BCUT2D eigenvalue weighted by molar-refractivity contribution is -0.145. The van der Waals surface area contributed by atoms with Crippen LogP contribution in [0.4, 0.5) is 8.78 Å². The first kappa shape index (κ1) is 17.5. The number of hydrogen-bond donors (Lipinski definition) is 1. The van der Waals surface area contributed by atoms with E-state index in [1.54, 1.807) is 0 Å². The number of carbonyl (C=O) groups is 1. The van der Waals surface area contributed by atoms with E-state index in [2.05, 4.69) is 0 Å². The van der Waals surface area contributed by atoms with Crippen LogP contribution in [-0.2, 0) is 4.79 Å². The van der Waals surface area contributed by atoms with Crippen LogP contribution in [0.2, 0.25) is 0 Å². The lowest BCUT2D eigenvalue weighted by Gasteiger charge is -2.40. The highest BCUT2D eigenvalue weighted by Gasteiger charge is 2.36. The minimum Gasteiger partial charge on any atom is -0.480 e. The van der Waals surface area contributed by atoms with E-state index in [9.17, 15) is 18.7 Å². The molecule has 1 heterocycles. The molecule has 3 nitrogen and oxygen atoms in total. The normalized spacial score (nSPS) is 19.6. The van der Waals surface area contributed by atoms with Crippen molar-refractivity contribution < 1.29 is 18.7 Å². The SMILES string of the molecule is Cc1ccccc1C(c1ccc(F)cc1F)N1CCCCC1C(=O)O. The second-order valence-electron chi connectivity index (χ2n) is 6.51. The van der Waals surface area contributed by atoms with Gasteiger partial charge in [-0.25, -0.2) is 8.78 Å². The zero-order chi connectivity index (χ0) is 18.0. The zero-order valence-electron chi connectivity index (χ0n) is 14.1. The Morgan fingerprint density at radius 2 is 1.92 bits per heavy atom. The molecule has 25 heavy (non-hydrogen) atoms. The van der Waals surface area contributed by atoms with Crippen LogP contribution in [0.15, 0.2) is 42.5 Å². The highest BCUT2D eigenvalue weighted by molar-refractivity contribution is 5.73. The minimum absolute atomic E-state index is 0.309. The van der Waals surface area contributed by atoms with Crippen molar-refractivity contribution in [3.63, 3.8) is 0 Å². The van der Waals surface area contributed by atoms with Crippen molar-refractivity contribution in [3.05, 3.63) is 70.8 Å². The molecule has 1 aliphatic rings. The fraction of sp³-hybridized carbons (Fsp3) is 0.350. The molecule has 2 atom stereocenters. The molecule has 2 aromatic carbocycles. The maximum atomic E-state index is 14.6. The lowest BCUT2D eigenvalue weighted by Crippen LogP contribution is -2.47. The first-order valence-corrected chi connectivity index (χ1v) is 8.48. The van der Waals surface area contributed by atoms with Crippen molar-refractivity contribution in [1.29, 1.82) is 0 Å². The van der Waals surface area contributed by atoms with Crippen LogP contribution in [0.25, 0.3) is 0 Å². The summed E-state index contributed by atoms with van der Waals surface area (Å²) in [6.45, 7) is 2.48. The Bertz CT molecular complexity index is 778. The number of hydrogen-bond acceptors (Lipinski definition) is 2. The number of carboxylic acids is 1. The third-order valence-corrected chi connectivity index (χ3v) is 4.90. The van der Waals surface area contributed by atoms with Crippen LogP contribution < -0.4 is 0 Å². The van der Waals surface area contributed by atoms with Crippen molar-refractivity contribution >= 4 is 5.97 Å². The maximum absolute atomic E-state index is 14.6. The van der Waals surface area contributed by atoms with Crippen molar-refractivity contribution in [2.75, 3.05) is 6.54 Å². The Morgan fingerprint density at radius 3 is 2.60 bits per heavy atom. The lowest BCUT2D eigenvalue weighted by atomic mass is 9.89. The van der Waals surface area contributed by atoms with Crippen molar-refractivity contribution in [1.82, 2.24) is 4.90 Å². The fourth-order valence-corrected chi connectivity index (χ4v) is 3.67. The molecule has 132 valence electrons. The number of likely N-dealkylation sites (tertiary alicyclic amines) is 1. The van der Waals surface area contributed by atoms with Crippen molar-refractivity contribution in [2.45, 2.75) is 38.3 Å². The van der Waals surface area contributed by atoms with Gasteiger partial charge < -0.3 is 5.11 Å². The summed E-state index contributed by atoms with van der Waals surface area (Å²) in [5.41, 5.74) is 2.11. The maximum Gasteiger partial charge on any atom is 0.320 e. The summed E-state index contributed by atoms with van der Waals surface area (Å²) in [4.78, 5) is 13.6. The fourth-order valence-electron chi connectivity index (χ4n) is 3.67. The molecule has 1 fully saturated rings. The number of rotatable bonds is 4. The van der Waals surface area contributed by atoms with Gasteiger partial charge in [0.05, 0.1) is 6.04 Å². The van der Waals surface area contributed by atoms with Gasteiger partial charge in [0.2, 0.25) is 0 Å². The average Bonchev–Trinajstić information content (AvgIpc) is 2.59. The van der Waals surface area contributed by atoms with Gasteiger partial charge in [-0.3, -0.25) is 9.69 Å². The molecule has 1 N–H and O–H groups in total. The van der Waals surface area contributed by atoms with E-state index in [0.717, 1.165) is 30.0 Å². The summed E-state index contributed by atoms with van der Waals surface area (Å²) < 4.78 is 28.0. The Kier molecular flexibility index (Phi) is 5.13. The van der Waals surface area contributed by atoms with E-state index in [4.69, 9.17) is 0 Å². The summed E-state index contributed by atoms with van der Waals surface area (Å²) >= 11 is 0.